The summed E-state index contributed by atoms with van der Waals surface area (Å²) in [5, 5.41) is 13.2. The average Bonchev–Trinajstić information content (AvgIpc) is 4.05. The molecule has 0 unspecified atom stereocenters. The number of allylic oxidation sites excluding steroid dienone is 1. The van der Waals surface area contributed by atoms with Gasteiger partial charge >= 0.3 is 12.0 Å². The number of rotatable bonds is 9. The number of ether oxygens (including phenoxy) is 2. The van der Waals surface area contributed by atoms with E-state index < -0.39 is 104 Å². The van der Waals surface area contributed by atoms with Crippen molar-refractivity contribution >= 4 is 44.6 Å². The third-order valence-electron chi connectivity index (χ3n) is 12.5. The lowest BCUT2D eigenvalue weighted by atomic mass is 9.83. The van der Waals surface area contributed by atoms with Gasteiger partial charge < -0.3 is 24.8 Å². The van der Waals surface area contributed by atoms with Crippen LogP contribution < -0.4 is 19.5 Å². The first-order valence-electron chi connectivity index (χ1n) is 19.6. The van der Waals surface area contributed by atoms with Crippen molar-refractivity contribution < 1.29 is 55.3 Å². The minimum absolute atomic E-state index is 0.0415. The van der Waals surface area contributed by atoms with E-state index in [2.05, 4.69) is 15.0 Å². The number of methoxy groups -OCH3 is 1. The third kappa shape index (κ3) is 7.44. The molecule has 2 saturated carbocycles. The number of carbonyl (C=O) groups is 4. The molecule has 1 aromatic carbocycles. The number of hydrogen-bond acceptors (Lipinski definition) is 9. The fourth-order valence-corrected chi connectivity index (χ4v) is 9.78. The number of carbonyl (C=O) groups excluding carboxylic acids is 3. The molecule has 7 atom stereocenters. The highest BCUT2D eigenvalue weighted by Gasteiger charge is 2.72. The van der Waals surface area contributed by atoms with E-state index in [-0.39, 0.29) is 35.3 Å². The second-order valence-electron chi connectivity index (χ2n) is 17.0. The van der Waals surface area contributed by atoms with Crippen LogP contribution >= 0.6 is 0 Å². The maximum absolute atomic E-state index is 17.5. The predicted molar refractivity (Wildman–Crippen MR) is 206 cm³/mol. The summed E-state index contributed by atoms with van der Waals surface area (Å²) in [6.07, 6.45) is 5.38. The number of nitrogens with zero attached hydrogens (tertiary/aromatic N) is 3. The molecule has 3 fully saturated rings. The summed E-state index contributed by atoms with van der Waals surface area (Å²) in [7, 11) is -2.88. The maximum Gasteiger partial charge on any atom is 0.408 e. The van der Waals surface area contributed by atoms with Gasteiger partial charge in [-0.2, -0.15) is 8.78 Å². The van der Waals surface area contributed by atoms with Crippen molar-refractivity contribution in [3.8, 4) is 11.6 Å². The van der Waals surface area contributed by atoms with Crippen molar-refractivity contribution in [1.82, 2.24) is 24.8 Å². The normalized spacial score (nSPS) is 31.2. The number of alkyl halides is 2. The molecule has 18 heteroatoms. The minimum atomic E-state index is -4.29. The molecule has 6 rings (SSSR count). The molecule has 318 valence electrons. The standard InChI is InChI=1S/C40H52F3N5O9S/c1-8-24-17-23(4)11-9-10-12-25-19-39(25,35(51)46-58(54,55)37(5)15-16-37)45-32(49)31-40(42,43)38(6,21-47(31)34(50)30(24)48(22(2)3)36(52)53)57-33-28-18-26(41)13-14-27(28)29(56-7)20-44-33/h10,12-14,18,20,22-25,30-31H,8-9,11,15-17,19,21H2,1-7H3,(H,45,49)(H,46,51)(H,52,53)/b12-10-/t23-,24+,25+,30-,31-,38+,39+/m0/s1. The van der Waals surface area contributed by atoms with Crippen LogP contribution in [0.4, 0.5) is 18.0 Å². The number of sulfonamides is 1. The summed E-state index contributed by atoms with van der Waals surface area (Å²) < 4.78 is 88.4. The van der Waals surface area contributed by atoms with Gasteiger partial charge in [-0.25, -0.2) is 22.6 Å². The number of pyridine rings is 1. The molecule has 0 radical (unpaired) electrons. The Morgan fingerprint density at radius 3 is 2.47 bits per heavy atom. The number of amides is 4. The van der Waals surface area contributed by atoms with E-state index in [1.54, 1.807) is 32.9 Å². The summed E-state index contributed by atoms with van der Waals surface area (Å²) >= 11 is 0. The molecule has 4 amide bonds. The van der Waals surface area contributed by atoms with E-state index in [1.807, 2.05) is 6.92 Å². The van der Waals surface area contributed by atoms with Gasteiger partial charge in [0.15, 0.2) is 11.6 Å². The molecule has 3 N–H and O–H groups in total. The van der Waals surface area contributed by atoms with Crippen LogP contribution in [0.25, 0.3) is 10.8 Å². The van der Waals surface area contributed by atoms with Crippen LogP contribution in [0.15, 0.2) is 36.5 Å². The first-order valence-corrected chi connectivity index (χ1v) is 21.1. The molecule has 2 aliphatic heterocycles. The van der Waals surface area contributed by atoms with Gasteiger partial charge in [-0.15, -0.1) is 0 Å². The van der Waals surface area contributed by atoms with Crippen molar-refractivity contribution in [1.29, 1.82) is 0 Å². The van der Waals surface area contributed by atoms with E-state index in [9.17, 15) is 32.3 Å². The Bertz CT molecular complexity index is 2130. The lowest BCUT2D eigenvalue weighted by molar-refractivity contribution is -0.163. The monoisotopic (exact) mass is 835 g/mol. The zero-order valence-electron chi connectivity index (χ0n) is 33.7. The summed E-state index contributed by atoms with van der Waals surface area (Å²) in [5.41, 5.74) is -4.73. The highest BCUT2D eigenvalue weighted by molar-refractivity contribution is 7.91. The number of halogens is 3. The smallest absolute Gasteiger partial charge is 0.408 e. The molecule has 1 saturated heterocycles. The van der Waals surface area contributed by atoms with Crippen LogP contribution in [0.1, 0.15) is 86.5 Å². The molecular weight excluding hydrogens is 784 g/mol. The van der Waals surface area contributed by atoms with Gasteiger partial charge in [-0.1, -0.05) is 32.4 Å². The van der Waals surface area contributed by atoms with E-state index in [4.69, 9.17) is 9.47 Å². The van der Waals surface area contributed by atoms with E-state index in [1.165, 1.54) is 26.3 Å². The van der Waals surface area contributed by atoms with Crippen molar-refractivity contribution in [2.24, 2.45) is 17.8 Å². The summed E-state index contributed by atoms with van der Waals surface area (Å²) in [5.74, 6) is -10.5. The Balaban J connectivity index is 1.50. The Morgan fingerprint density at radius 1 is 1.17 bits per heavy atom. The molecule has 0 bridgehead atoms. The number of aromatic nitrogens is 1. The largest absolute Gasteiger partial charge is 0.494 e. The molecule has 4 aliphatic rings. The zero-order chi connectivity index (χ0) is 42.7. The van der Waals surface area contributed by atoms with Crippen molar-refractivity contribution in [3.63, 3.8) is 0 Å². The number of fused-ring (bicyclic) bond motifs is 3. The van der Waals surface area contributed by atoms with Crippen LogP contribution in [0.2, 0.25) is 0 Å². The van der Waals surface area contributed by atoms with Gasteiger partial charge in [0, 0.05) is 17.3 Å². The first-order chi connectivity index (χ1) is 27.1. The van der Waals surface area contributed by atoms with Crippen LogP contribution in [0.5, 0.6) is 11.6 Å². The Labute approximate surface area is 335 Å². The van der Waals surface area contributed by atoms with E-state index in [0.717, 1.165) is 24.0 Å². The van der Waals surface area contributed by atoms with Gasteiger partial charge in [-0.3, -0.25) is 24.0 Å². The molecule has 0 spiro atoms. The van der Waals surface area contributed by atoms with Crippen LogP contribution in [-0.4, -0.2) is 106 Å². The summed E-state index contributed by atoms with van der Waals surface area (Å²) in [6.45, 7) is 8.29. The quantitative estimate of drug-likeness (QED) is 0.277. The van der Waals surface area contributed by atoms with E-state index >= 15 is 13.6 Å². The number of nitrogens with one attached hydrogen (secondary N) is 2. The van der Waals surface area contributed by atoms with Crippen molar-refractivity contribution in [2.45, 2.75) is 126 Å². The summed E-state index contributed by atoms with van der Waals surface area (Å²) in [6, 6.07) is -1.50. The molecule has 2 aromatic rings. The van der Waals surface area contributed by atoms with Crippen LogP contribution in [0.3, 0.4) is 0 Å². The number of carboxylic acid groups (broad SMARTS) is 1. The summed E-state index contributed by atoms with van der Waals surface area (Å²) in [4.78, 5) is 62.3. The molecule has 58 heavy (non-hydrogen) atoms. The second kappa shape index (κ2) is 15.2. The van der Waals surface area contributed by atoms with Gasteiger partial charge in [0.2, 0.25) is 27.7 Å². The zero-order valence-corrected chi connectivity index (χ0v) is 34.5. The highest BCUT2D eigenvalue weighted by Crippen LogP contribution is 2.50. The molecular formula is C40H52F3N5O9S. The molecule has 1 aromatic heterocycles. The van der Waals surface area contributed by atoms with Gasteiger partial charge in [-0.05, 0) is 96.3 Å². The van der Waals surface area contributed by atoms with Crippen LogP contribution in [0, 0.1) is 23.6 Å². The van der Waals surface area contributed by atoms with Gasteiger partial charge in [0.25, 0.3) is 5.91 Å². The first kappa shape index (κ1) is 43.0. The van der Waals surface area contributed by atoms with Crippen LogP contribution in [-0.2, 0) is 24.4 Å². The average molecular weight is 836 g/mol. The van der Waals surface area contributed by atoms with Gasteiger partial charge in [0.1, 0.15) is 23.1 Å². The predicted octanol–water partition coefficient (Wildman–Crippen LogP) is 5.40. The number of benzene rings is 1. The minimum Gasteiger partial charge on any atom is -0.494 e. The SMILES string of the molecule is CC[C@@H]1C[C@@H](C)CC/C=C\[C@@H]2C[C@@]2(C(=O)NS(=O)(=O)C2(C)CC2)NC(=O)[C@@H]2N(C[C@@](C)(Oc3ncc(OC)c4ccc(F)cc34)C2(F)F)C(=O)[C@H]1N(C(=O)O)C(C)C. The Kier molecular flexibility index (Phi) is 11.3. The maximum atomic E-state index is 17.5. The fraction of sp³-hybridized carbons (Fsp3) is 0.625. The van der Waals surface area contributed by atoms with E-state index in [0.29, 0.717) is 37.0 Å². The molecule has 2 aliphatic carbocycles. The number of hydrogen-bond donors (Lipinski definition) is 3. The third-order valence-corrected chi connectivity index (χ3v) is 14.6. The molecule has 3 heterocycles. The van der Waals surface area contributed by atoms with Gasteiger partial charge in [0.05, 0.1) is 30.0 Å². The molecule has 14 nitrogen and oxygen atoms in total. The Morgan fingerprint density at radius 2 is 1.86 bits per heavy atom. The Hall–Kier alpha value is -4.61. The van der Waals surface area contributed by atoms with Crippen molar-refractivity contribution in [2.75, 3.05) is 13.7 Å². The second-order valence-corrected chi connectivity index (χ2v) is 19.2. The highest BCUT2D eigenvalue weighted by atomic mass is 32.2. The topological polar surface area (TPSA) is 185 Å². The fourth-order valence-electron chi connectivity index (χ4n) is 8.46. The lowest BCUT2D eigenvalue weighted by Crippen LogP contribution is -2.63. The lowest BCUT2D eigenvalue weighted by Gasteiger charge is -2.40. The van der Waals surface area contributed by atoms with Crippen molar-refractivity contribution in [3.05, 3.63) is 42.4 Å².